The molecule has 1 aromatic carbocycles. The van der Waals surface area contributed by atoms with Crippen molar-refractivity contribution >= 4 is 39.5 Å². The Balaban J connectivity index is 1.66. The molecule has 0 aliphatic heterocycles. The van der Waals surface area contributed by atoms with Gasteiger partial charge in [0, 0.05) is 40.1 Å². The van der Waals surface area contributed by atoms with Crippen LogP contribution in [-0.2, 0) is 6.42 Å². The van der Waals surface area contributed by atoms with Crippen molar-refractivity contribution in [2.75, 3.05) is 0 Å². The molecule has 0 saturated carbocycles. The van der Waals surface area contributed by atoms with Gasteiger partial charge in [0.25, 0.3) is 0 Å². The zero-order chi connectivity index (χ0) is 25.1. The third kappa shape index (κ3) is 5.75. The molecule has 4 aromatic rings. The molecule has 0 radical (unpaired) electrons. The van der Waals surface area contributed by atoms with Crippen molar-refractivity contribution in [1.29, 1.82) is 0 Å². The standard InChI is InChI=1S/C29H37N3OS2/c1-7-23(8-2)32-26-12-11-21(15-25(26)31-28(32)17-24-10-9-13-34-24)27(33)16-22(14-18(3)4)29-30-19(5)20(6)35-29/h9-13,15,18,22-23H,7-8,14,16-17H2,1-6H3. The summed E-state index contributed by atoms with van der Waals surface area (Å²) >= 11 is 3.51. The average Bonchev–Trinajstić information content (AvgIpc) is 3.54. The molecule has 1 atom stereocenters. The summed E-state index contributed by atoms with van der Waals surface area (Å²) in [5.74, 6) is 1.94. The van der Waals surface area contributed by atoms with Gasteiger partial charge in [-0.2, -0.15) is 0 Å². The predicted octanol–water partition coefficient (Wildman–Crippen LogP) is 8.53. The molecule has 0 bridgehead atoms. The highest BCUT2D eigenvalue weighted by Gasteiger charge is 2.24. The zero-order valence-corrected chi connectivity index (χ0v) is 23.4. The van der Waals surface area contributed by atoms with Crippen LogP contribution in [0.2, 0.25) is 0 Å². The van der Waals surface area contributed by atoms with Crippen molar-refractivity contribution in [3.8, 4) is 0 Å². The third-order valence-electron chi connectivity index (χ3n) is 6.89. The van der Waals surface area contributed by atoms with Crippen molar-refractivity contribution in [2.24, 2.45) is 5.92 Å². The fraction of sp³-hybridized carbons (Fsp3) is 0.483. The number of carbonyl (C=O) groups excluding carboxylic acids is 1. The Labute approximate surface area is 217 Å². The number of Topliss-reactive ketones (excluding diaryl/α,β-unsaturated/α-hetero) is 1. The van der Waals surface area contributed by atoms with Gasteiger partial charge in [-0.1, -0.05) is 33.8 Å². The largest absolute Gasteiger partial charge is 0.325 e. The molecule has 0 aliphatic carbocycles. The highest BCUT2D eigenvalue weighted by Crippen LogP contribution is 2.34. The molecule has 0 saturated heterocycles. The molecular formula is C29H37N3OS2. The molecule has 0 amide bonds. The van der Waals surface area contributed by atoms with Gasteiger partial charge in [-0.3, -0.25) is 4.79 Å². The van der Waals surface area contributed by atoms with E-state index in [0.717, 1.165) is 58.8 Å². The van der Waals surface area contributed by atoms with Crippen molar-refractivity contribution in [1.82, 2.24) is 14.5 Å². The maximum atomic E-state index is 13.5. The van der Waals surface area contributed by atoms with Crippen LogP contribution in [0.4, 0.5) is 0 Å². The lowest BCUT2D eigenvalue weighted by Gasteiger charge is -2.19. The van der Waals surface area contributed by atoms with Crippen LogP contribution in [0.1, 0.15) is 102 Å². The van der Waals surface area contributed by atoms with Gasteiger partial charge >= 0.3 is 0 Å². The van der Waals surface area contributed by atoms with Gasteiger partial charge in [0.2, 0.25) is 0 Å². The number of thiophene rings is 1. The number of rotatable bonds is 11. The summed E-state index contributed by atoms with van der Waals surface area (Å²) in [4.78, 5) is 25.9. The average molecular weight is 508 g/mol. The second-order valence-electron chi connectivity index (χ2n) is 9.98. The Kier molecular flexibility index (Phi) is 8.23. The lowest BCUT2D eigenvalue weighted by Crippen LogP contribution is -2.11. The van der Waals surface area contributed by atoms with Crippen molar-refractivity contribution in [3.05, 3.63) is 67.6 Å². The van der Waals surface area contributed by atoms with Crippen LogP contribution in [0.5, 0.6) is 0 Å². The molecule has 0 aliphatic rings. The molecule has 35 heavy (non-hydrogen) atoms. The molecule has 0 fully saturated rings. The number of aryl methyl sites for hydroxylation is 2. The number of fused-ring (bicyclic) bond motifs is 1. The molecule has 1 unspecified atom stereocenters. The smallest absolute Gasteiger partial charge is 0.163 e. The normalized spacial score (nSPS) is 12.8. The molecule has 0 spiro atoms. The zero-order valence-electron chi connectivity index (χ0n) is 21.8. The number of hydrogen-bond donors (Lipinski definition) is 0. The topological polar surface area (TPSA) is 47.8 Å². The first kappa shape index (κ1) is 25.8. The van der Waals surface area contributed by atoms with E-state index in [0.29, 0.717) is 18.4 Å². The van der Waals surface area contributed by atoms with E-state index in [1.54, 1.807) is 22.7 Å². The molecule has 0 N–H and O–H groups in total. The molecule has 4 rings (SSSR count). The van der Waals surface area contributed by atoms with E-state index in [1.165, 1.54) is 9.75 Å². The number of ketones is 1. The molecule has 3 heterocycles. The summed E-state index contributed by atoms with van der Waals surface area (Å²) < 4.78 is 2.41. The first-order valence-corrected chi connectivity index (χ1v) is 14.5. The Morgan fingerprint density at radius 3 is 2.46 bits per heavy atom. The van der Waals surface area contributed by atoms with Crippen LogP contribution in [0.15, 0.2) is 35.7 Å². The van der Waals surface area contributed by atoms with Gasteiger partial charge < -0.3 is 4.57 Å². The number of carbonyl (C=O) groups is 1. The van der Waals surface area contributed by atoms with E-state index in [4.69, 9.17) is 9.97 Å². The number of imidazole rings is 1. The van der Waals surface area contributed by atoms with Gasteiger partial charge in [-0.25, -0.2) is 9.97 Å². The number of thiazole rings is 1. The summed E-state index contributed by atoms with van der Waals surface area (Å²) in [5, 5.41) is 3.22. The highest BCUT2D eigenvalue weighted by molar-refractivity contribution is 7.11. The van der Waals surface area contributed by atoms with Crippen LogP contribution < -0.4 is 0 Å². The summed E-state index contributed by atoms with van der Waals surface area (Å²) in [6.07, 6.45) is 4.40. The highest BCUT2D eigenvalue weighted by atomic mass is 32.1. The number of aromatic nitrogens is 3. The Hall–Kier alpha value is -2.31. The Morgan fingerprint density at radius 1 is 1.09 bits per heavy atom. The van der Waals surface area contributed by atoms with E-state index < -0.39 is 0 Å². The lowest BCUT2D eigenvalue weighted by atomic mass is 9.91. The van der Waals surface area contributed by atoms with Crippen molar-refractivity contribution in [3.63, 3.8) is 0 Å². The van der Waals surface area contributed by atoms with Gasteiger partial charge in [0.1, 0.15) is 5.82 Å². The number of hydrogen-bond acceptors (Lipinski definition) is 5. The minimum atomic E-state index is 0.159. The van der Waals surface area contributed by atoms with Crippen LogP contribution in [0, 0.1) is 19.8 Å². The SMILES string of the molecule is CCC(CC)n1c(Cc2cccs2)nc2cc(C(=O)CC(CC(C)C)c3nc(C)c(C)s3)ccc21. The van der Waals surface area contributed by atoms with Gasteiger partial charge in [0.15, 0.2) is 5.78 Å². The van der Waals surface area contributed by atoms with Gasteiger partial charge in [-0.15, -0.1) is 22.7 Å². The van der Waals surface area contributed by atoms with Crippen LogP contribution in [0.3, 0.4) is 0 Å². The minimum absolute atomic E-state index is 0.159. The first-order chi connectivity index (χ1) is 16.8. The quantitative estimate of drug-likeness (QED) is 0.191. The molecular weight excluding hydrogens is 470 g/mol. The maximum Gasteiger partial charge on any atom is 0.163 e. The lowest BCUT2D eigenvalue weighted by molar-refractivity contribution is 0.0970. The van der Waals surface area contributed by atoms with Crippen LogP contribution in [0.25, 0.3) is 11.0 Å². The third-order valence-corrected chi connectivity index (χ3v) is 9.00. The monoisotopic (exact) mass is 507 g/mol. The summed E-state index contributed by atoms with van der Waals surface area (Å²) in [5.41, 5.74) is 3.90. The fourth-order valence-electron chi connectivity index (χ4n) is 4.93. The van der Waals surface area contributed by atoms with E-state index >= 15 is 0 Å². The van der Waals surface area contributed by atoms with E-state index in [2.05, 4.69) is 69.7 Å². The fourth-order valence-corrected chi connectivity index (χ4v) is 6.67. The molecule has 186 valence electrons. The number of nitrogens with zero attached hydrogens (tertiary/aromatic N) is 3. The van der Waals surface area contributed by atoms with Crippen LogP contribution >= 0.6 is 22.7 Å². The van der Waals surface area contributed by atoms with E-state index in [9.17, 15) is 4.79 Å². The van der Waals surface area contributed by atoms with Crippen molar-refractivity contribution < 1.29 is 4.79 Å². The summed E-state index contributed by atoms with van der Waals surface area (Å²) in [6.45, 7) is 13.1. The van der Waals surface area contributed by atoms with Crippen molar-refractivity contribution in [2.45, 2.75) is 85.6 Å². The Morgan fingerprint density at radius 2 is 1.86 bits per heavy atom. The van der Waals surface area contributed by atoms with Gasteiger partial charge in [0.05, 0.1) is 21.7 Å². The maximum absolute atomic E-state index is 13.5. The Bertz CT molecular complexity index is 1260. The second kappa shape index (κ2) is 11.2. The molecule has 6 heteroatoms. The minimum Gasteiger partial charge on any atom is -0.325 e. The molecule has 4 nitrogen and oxygen atoms in total. The second-order valence-corrected chi connectivity index (χ2v) is 12.2. The van der Waals surface area contributed by atoms with E-state index in [1.807, 2.05) is 12.1 Å². The van der Waals surface area contributed by atoms with E-state index in [-0.39, 0.29) is 11.7 Å². The summed E-state index contributed by atoms with van der Waals surface area (Å²) in [7, 11) is 0. The number of benzene rings is 1. The van der Waals surface area contributed by atoms with Gasteiger partial charge in [-0.05, 0) is 68.7 Å². The van der Waals surface area contributed by atoms with Crippen LogP contribution in [-0.4, -0.2) is 20.3 Å². The summed E-state index contributed by atoms with van der Waals surface area (Å²) in [6, 6.07) is 10.8. The predicted molar refractivity (Wildman–Crippen MR) is 149 cm³/mol. The first-order valence-electron chi connectivity index (χ1n) is 12.8. The molecule has 3 aromatic heterocycles.